The number of hydrogen-bond acceptors (Lipinski definition) is 3. The summed E-state index contributed by atoms with van der Waals surface area (Å²) in [4.78, 5) is 14.0. The van der Waals surface area contributed by atoms with E-state index in [2.05, 4.69) is 4.90 Å². The molecule has 1 fully saturated rings. The topological polar surface area (TPSA) is 49.8 Å². The standard InChI is InChI=1S/C18H17NO3/c20-18(21)13-7-5-11-19-14-8-2-4-10-16(14)22-15-9-3-1-6-12(15)17(13)19/h1-4,6,8-10,13,17H,5,7,11H2,(H,20,21)/t13-,17+/m1/s1. The van der Waals surface area contributed by atoms with Gasteiger partial charge in [0.05, 0.1) is 17.6 Å². The summed E-state index contributed by atoms with van der Waals surface area (Å²) in [7, 11) is 0. The zero-order chi connectivity index (χ0) is 15.1. The molecule has 0 saturated carbocycles. The maximum atomic E-state index is 11.8. The predicted molar refractivity (Wildman–Crippen MR) is 83.4 cm³/mol. The molecule has 22 heavy (non-hydrogen) atoms. The Labute approximate surface area is 128 Å². The molecule has 1 N–H and O–H groups in total. The minimum absolute atomic E-state index is 0.175. The maximum Gasteiger partial charge on any atom is 0.308 e. The fraction of sp³-hybridized carbons (Fsp3) is 0.278. The third-order valence-corrected chi connectivity index (χ3v) is 4.58. The van der Waals surface area contributed by atoms with Gasteiger partial charge >= 0.3 is 5.97 Å². The van der Waals surface area contributed by atoms with Crippen LogP contribution in [0.25, 0.3) is 0 Å². The molecular weight excluding hydrogens is 278 g/mol. The van der Waals surface area contributed by atoms with Gasteiger partial charge in [0, 0.05) is 12.1 Å². The second-order valence-electron chi connectivity index (χ2n) is 5.83. The Balaban J connectivity index is 1.94. The van der Waals surface area contributed by atoms with Crippen molar-refractivity contribution in [1.82, 2.24) is 0 Å². The molecule has 0 amide bonds. The molecule has 2 aliphatic heterocycles. The number of ether oxygens (including phenoxy) is 1. The lowest BCUT2D eigenvalue weighted by Crippen LogP contribution is -2.41. The van der Waals surface area contributed by atoms with E-state index in [0.29, 0.717) is 6.42 Å². The molecule has 4 rings (SSSR count). The van der Waals surface area contributed by atoms with E-state index in [1.54, 1.807) is 0 Å². The molecule has 2 atom stereocenters. The number of hydrogen-bond donors (Lipinski definition) is 1. The van der Waals surface area contributed by atoms with Crippen LogP contribution in [0.5, 0.6) is 11.5 Å². The Morgan fingerprint density at radius 3 is 2.64 bits per heavy atom. The molecule has 2 aromatic carbocycles. The van der Waals surface area contributed by atoms with Gasteiger partial charge in [-0.3, -0.25) is 4.79 Å². The molecule has 0 aromatic heterocycles. The number of nitrogens with zero attached hydrogens (tertiary/aromatic N) is 1. The number of fused-ring (bicyclic) bond motifs is 5. The van der Waals surface area contributed by atoms with Crippen molar-refractivity contribution in [2.45, 2.75) is 18.9 Å². The van der Waals surface area contributed by atoms with Crippen LogP contribution in [-0.4, -0.2) is 17.6 Å². The van der Waals surface area contributed by atoms with Gasteiger partial charge in [0.25, 0.3) is 0 Å². The Morgan fingerprint density at radius 2 is 1.82 bits per heavy atom. The Hall–Kier alpha value is -2.49. The van der Waals surface area contributed by atoms with Gasteiger partial charge < -0.3 is 14.7 Å². The first kappa shape index (κ1) is 13.2. The van der Waals surface area contributed by atoms with Crippen molar-refractivity contribution in [3.63, 3.8) is 0 Å². The molecule has 2 aliphatic rings. The maximum absolute atomic E-state index is 11.8. The minimum atomic E-state index is -0.733. The zero-order valence-corrected chi connectivity index (χ0v) is 12.1. The summed E-state index contributed by atoms with van der Waals surface area (Å²) in [5, 5.41) is 9.68. The smallest absolute Gasteiger partial charge is 0.308 e. The number of carbonyl (C=O) groups is 1. The van der Waals surface area contributed by atoms with E-state index in [9.17, 15) is 9.90 Å². The normalized spacial score (nSPS) is 22.6. The summed E-state index contributed by atoms with van der Waals surface area (Å²) in [6.07, 6.45) is 1.58. The van der Waals surface area contributed by atoms with Crippen molar-refractivity contribution in [3.8, 4) is 11.5 Å². The van der Waals surface area contributed by atoms with Crippen LogP contribution in [0.1, 0.15) is 24.4 Å². The second-order valence-corrected chi connectivity index (χ2v) is 5.83. The number of aliphatic carboxylic acids is 1. The van der Waals surface area contributed by atoms with Gasteiger partial charge in [-0.25, -0.2) is 0 Å². The van der Waals surface area contributed by atoms with Crippen molar-refractivity contribution in [2.75, 3.05) is 11.4 Å². The van der Waals surface area contributed by atoms with E-state index in [0.717, 1.165) is 35.7 Å². The van der Waals surface area contributed by atoms with Crippen LogP contribution in [0.15, 0.2) is 48.5 Å². The van der Waals surface area contributed by atoms with Crippen LogP contribution in [-0.2, 0) is 4.79 Å². The molecule has 4 nitrogen and oxygen atoms in total. The van der Waals surface area contributed by atoms with Crippen molar-refractivity contribution < 1.29 is 14.6 Å². The first-order valence-electron chi connectivity index (χ1n) is 7.61. The summed E-state index contributed by atoms with van der Waals surface area (Å²) >= 11 is 0. The first-order chi connectivity index (χ1) is 10.8. The Kier molecular flexibility index (Phi) is 3.03. The molecule has 0 unspecified atom stereocenters. The highest BCUT2D eigenvalue weighted by Crippen LogP contribution is 2.49. The number of carboxylic acid groups (broad SMARTS) is 1. The SMILES string of the molecule is O=C(O)[C@@H]1CCCN2c3ccccc3Oc3ccccc3[C@@H]12. The molecule has 0 aliphatic carbocycles. The van der Waals surface area contributed by atoms with Crippen LogP contribution in [0.3, 0.4) is 0 Å². The highest BCUT2D eigenvalue weighted by Gasteiger charge is 2.41. The number of para-hydroxylation sites is 3. The summed E-state index contributed by atoms with van der Waals surface area (Å²) in [5.41, 5.74) is 1.94. The van der Waals surface area contributed by atoms with E-state index in [-0.39, 0.29) is 6.04 Å². The fourth-order valence-corrected chi connectivity index (χ4v) is 3.63. The predicted octanol–water partition coefficient (Wildman–Crippen LogP) is 3.83. The van der Waals surface area contributed by atoms with Gasteiger partial charge in [0.1, 0.15) is 5.75 Å². The first-order valence-corrected chi connectivity index (χ1v) is 7.61. The number of carboxylic acids is 1. The average Bonchev–Trinajstić information content (AvgIpc) is 2.69. The third kappa shape index (κ3) is 1.95. The molecule has 112 valence electrons. The molecule has 2 heterocycles. The van der Waals surface area contributed by atoms with Crippen LogP contribution in [0.4, 0.5) is 5.69 Å². The van der Waals surface area contributed by atoms with Crippen molar-refractivity contribution in [3.05, 3.63) is 54.1 Å². The van der Waals surface area contributed by atoms with Crippen LogP contribution < -0.4 is 9.64 Å². The molecule has 1 saturated heterocycles. The lowest BCUT2D eigenvalue weighted by atomic mass is 9.84. The van der Waals surface area contributed by atoms with E-state index >= 15 is 0 Å². The van der Waals surface area contributed by atoms with Crippen LogP contribution in [0.2, 0.25) is 0 Å². The molecule has 0 bridgehead atoms. The molecular formula is C18H17NO3. The van der Waals surface area contributed by atoms with Gasteiger partial charge in [0.2, 0.25) is 0 Å². The van der Waals surface area contributed by atoms with E-state index in [4.69, 9.17) is 4.74 Å². The number of anilines is 1. The zero-order valence-electron chi connectivity index (χ0n) is 12.1. The van der Waals surface area contributed by atoms with Crippen LogP contribution >= 0.6 is 0 Å². The van der Waals surface area contributed by atoms with Crippen molar-refractivity contribution in [1.29, 1.82) is 0 Å². The molecule has 0 spiro atoms. The number of benzene rings is 2. The van der Waals surface area contributed by atoms with Gasteiger partial charge in [-0.05, 0) is 31.0 Å². The Morgan fingerprint density at radius 1 is 1.09 bits per heavy atom. The number of piperidine rings is 1. The second kappa shape index (κ2) is 5.05. The average molecular weight is 295 g/mol. The quantitative estimate of drug-likeness (QED) is 0.868. The van der Waals surface area contributed by atoms with E-state index < -0.39 is 11.9 Å². The van der Waals surface area contributed by atoms with Crippen molar-refractivity contribution >= 4 is 11.7 Å². The van der Waals surface area contributed by atoms with Gasteiger partial charge in [-0.15, -0.1) is 0 Å². The van der Waals surface area contributed by atoms with E-state index in [1.165, 1.54) is 0 Å². The fourth-order valence-electron chi connectivity index (χ4n) is 3.63. The summed E-state index contributed by atoms with van der Waals surface area (Å²) in [5.74, 6) is 0.410. The third-order valence-electron chi connectivity index (χ3n) is 4.58. The molecule has 4 heteroatoms. The van der Waals surface area contributed by atoms with Gasteiger partial charge in [0.15, 0.2) is 5.75 Å². The van der Waals surface area contributed by atoms with Crippen LogP contribution in [0, 0.1) is 5.92 Å². The number of rotatable bonds is 1. The summed E-state index contributed by atoms with van der Waals surface area (Å²) < 4.78 is 6.09. The highest BCUT2D eigenvalue weighted by molar-refractivity contribution is 5.75. The van der Waals surface area contributed by atoms with Gasteiger partial charge in [-0.1, -0.05) is 30.3 Å². The summed E-state index contributed by atoms with van der Waals surface area (Å²) in [6.45, 7) is 0.850. The lowest BCUT2D eigenvalue weighted by Gasteiger charge is -2.40. The largest absolute Gasteiger partial charge is 0.481 e. The molecule has 0 radical (unpaired) electrons. The Bertz CT molecular complexity index is 728. The molecule has 2 aromatic rings. The highest BCUT2D eigenvalue weighted by atomic mass is 16.5. The van der Waals surface area contributed by atoms with E-state index in [1.807, 2.05) is 48.5 Å². The lowest BCUT2D eigenvalue weighted by molar-refractivity contribution is -0.143. The minimum Gasteiger partial charge on any atom is -0.481 e. The van der Waals surface area contributed by atoms with Gasteiger partial charge in [-0.2, -0.15) is 0 Å². The summed E-state index contributed by atoms with van der Waals surface area (Å²) in [6, 6.07) is 15.5. The van der Waals surface area contributed by atoms with Crippen molar-refractivity contribution in [2.24, 2.45) is 5.92 Å². The monoisotopic (exact) mass is 295 g/mol.